The number of hydrogen-bond donors (Lipinski definition) is 3. The van der Waals surface area contributed by atoms with E-state index in [9.17, 15) is 25.3 Å². The largest absolute Gasteiger partial charge is 0.504 e. The van der Waals surface area contributed by atoms with Crippen LogP contribution < -0.4 is 15.6 Å². The first kappa shape index (κ1) is 22.7. The Morgan fingerprint density at radius 1 is 0.848 bits per heavy atom. The van der Waals surface area contributed by atoms with Gasteiger partial charge in [-0.2, -0.15) is 10.2 Å². The number of phenols is 1. The normalized spacial score (nSPS) is 10.9. The van der Waals surface area contributed by atoms with Crippen LogP contribution in [-0.2, 0) is 0 Å². The van der Waals surface area contributed by atoms with Crippen LogP contribution in [0.4, 0.5) is 22.7 Å². The Morgan fingerprint density at radius 3 is 1.79 bits per heavy atom. The van der Waals surface area contributed by atoms with Crippen molar-refractivity contribution >= 4 is 35.2 Å². The van der Waals surface area contributed by atoms with E-state index in [4.69, 9.17) is 4.74 Å². The van der Waals surface area contributed by atoms with Gasteiger partial charge in [-0.05, 0) is 42.0 Å². The predicted molar refractivity (Wildman–Crippen MR) is 123 cm³/mol. The molecule has 0 unspecified atom stereocenters. The van der Waals surface area contributed by atoms with Gasteiger partial charge in [-0.25, -0.2) is 0 Å². The number of nitro benzene ring substituents is 2. The van der Waals surface area contributed by atoms with Crippen molar-refractivity contribution in [3.05, 3.63) is 92.0 Å². The van der Waals surface area contributed by atoms with E-state index in [0.29, 0.717) is 22.5 Å². The highest BCUT2D eigenvalue weighted by molar-refractivity contribution is 5.91. The average molecular weight is 450 g/mol. The molecule has 0 bridgehead atoms. The number of nitro groups is 2. The molecule has 0 atom stereocenters. The van der Waals surface area contributed by atoms with Gasteiger partial charge >= 0.3 is 0 Å². The van der Waals surface area contributed by atoms with E-state index < -0.39 is 9.85 Å². The van der Waals surface area contributed by atoms with E-state index in [1.807, 2.05) is 0 Å². The molecular formula is C21H18N6O6. The third-order valence-electron chi connectivity index (χ3n) is 4.31. The summed E-state index contributed by atoms with van der Waals surface area (Å²) in [5, 5.41) is 39.9. The first-order valence-electron chi connectivity index (χ1n) is 9.35. The fourth-order valence-electron chi connectivity index (χ4n) is 2.65. The second-order valence-electron chi connectivity index (χ2n) is 6.51. The summed E-state index contributed by atoms with van der Waals surface area (Å²) in [6.07, 6.45) is 2.84. The lowest BCUT2D eigenvalue weighted by Crippen LogP contribution is -1.97. The summed E-state index contributed by atoms with van der Waals surface area (Å²) in [4.78, 5) is 20.4. The number of rotatable bonds is 9. The van der Waals surface area contributed by atoms with E-state index in [2.05, 4.69) is 21.1 Å². The lowest BCUT2D eigenvalue weighted by molar-refractivity contribution is -0.385. The van der Waals surface area contributed by atoms with E-state index in [0.717, 1.165) is 0 Å². The molecule has 0 saturated heterocycles. The fourth-order valence-corrected chi connectivity index (χ4v) is 2.65. The molecule has 12 heteroatoms. The Balaban J connectivity index is 1.72. The number of benzene rings is 3. The topological polar surface area (TPSA) is 165 Å². The van der Waals surface area contributed by atoms with E-state index >= 15 is 0 Å². The van der Waals surface area contributed by atoms with Crippen LogP contribution in [0.5, 0.6) is 11.5 Å². The maximum atomic E-state index is 10.7. The standard InChI is InChI=1S/C21H18N6O6/c1-33-20-11-14(12-22-24-16-2-6-18(7-3-16)26(29)30)10-15(21(20)28)13-23-25-17-4-8-19(9-5-17)27(31)32/h2-13,24-25,28H,1H3. The molecule has 0 spiro atoms. The fraction of sp³-hybridized carbons (Fsp3) is 0.0476. The summed E-state index contributed by atoms with van der Waals surface area (Å²) in [6.45, 7) is 0. The molecule has 0 aliphatic heterocycles. The number of hydrazone groups is 2. The zero-order valence-corrected chi connectivity index (χ0v) is 17.2. The smallest absolute Gasteiger partial charge is 0.269 e. The quantitative estimate of drug-likeness (QED) is 0.249. The summed E-state index contributed by atoms with van der Waals surface area (Å²) in [5.41, 5.74) is 7.40. The molecule has 0 aromatic heterocycles. The number of anilines is 2. The van der Waals surface area contributed by atoms with Crippen LogP contribution in [0.25, 0.3) is 0 Å². The van der Waals surface area contributed by atoms with E-state index in [1.165, 1.54) is 68.1 Å². The highest BCUT2D eigenvalue weighted by atomic mass is 16.6. The molecule has 0 aliphatic carbocycles. The minimum atomic E-state index is -0.499. The molecular weight excluding hydrogens is 432 g/mol. The molecule has 3 rings (SSSR count). The van der Waals surface area contributed by atoms with Gasteiger partial charge in [0.2, 0.25) is 0 Å². The minimum absolute atomic E-state index is 0.0286. The Morgan fingerprint density at radius 2 is 1.33 bits per heavy atom. The van der Waals surface area contributed by atoms with Crippen LogP contribution >= 0.6 is 0 Å². The van der Waals surface area contributed by atoms with Gasteiger partial charge in [0, 0.05) is 29.8 Å². The van der Waals surface area contributed by atoms with E-state index in [-0.39, 0.29) is 22.9 Å². The minimum Gasteiger partial charge on any atom is -0.504 e. The van der Waals surface area contributed by atoms with Crippen molar-refractivity contribution in [3.63, 3.8) is 0 Å². The van der Waals surface area contributed by atoms with Crippen molar-refractivity contribution in [1.82, 2.24) is 0 Å². The summed E-state index contributed by atoms with van der Waals surface area (Å²) in [6, 6.07) is 14.6. The molecule has 3 aromatic rings. The van der Waals surface area contributed by atoms with Crippen molar-refractivity contribution in [1.29, 1.82) is 0 Å². The molecule has 0 radical (unpaired) electrons. The van der Waals surface area contributed by atoms with Crippen LogP contribution in [0, 0.1) is 20.2 Å². The zero-order valence-electron chi connectivity index (χ0n) is 17.2. The SMILES string of the molecule is COc1cc(C=NNc2ccc([N+](=O)[O-])cc2)cc(C=NNc2ccc([N+](=O)[O-])cc2)c1O. The molecule has 168 valence electrons. The van der Waals surface area contributed by atoms with Gasteiger partial charge in [0.25, 0.3) is 11.4 Å². The summed E-state index contributed by atoms with van der Waals surface area (Å²) >= 11 is 0. The third-order valence-corrected chi connectivity index (χ3v) is 4.31. The molecule has 3 aromatic carbocycles. The maximum absolute atomic E-state index is 10.7. The van der Waals surface area contributed by atoms with Crippen molar-refractivity contribution in [3.8, 4) is 11.5 Å². The van der Waals surface area contributed by atoms with Crippen molar-refractivity contribution in [2.24, 2.45) is 10.2 Å². The van der Waals surface area contributed by atoms with Crippen LogP contribution in [0.2, 0.25) is 0 Å². The van der Waals surface area contributed by atoms with Gasteiger partial charge in [0.05, 0.1) is 40.8 Å². The Hall–Kier alpha value is -5.00. The second kappa shape index (κ2) is 10.3. The van der Waals surface area contributed by atoms with Crippen molar-refractivity contribution in [2.45, 2.75) is 0 Å². The molecule has 0 saturated carbocycles. The van der Waals surface area contributed by atoms with Gasteiger partial charge in [-0.1, -0.05) is 0 Å². The van der Waals surface area contributed by atoms with Gasteiger partial charge in [-0.3, -0.25) is 31.1 Å². The van der Waals surface area contributed by atoms with Gasteiger partial charge in [0.1, 0.15) is 0 Å². The number of methoxy groups -OCH3 is 1. The summed E-state index contributed by atoms with van der Waals surface area (Å²) in [5.74, 6) is 0.0679. The monoisotopic (exact) mass is 450 g/mol. The Labute approximate surface area is 187 Å². The lowest BCUT2D eigenvalue weighted by Gasteiger charge is -2.08. The van der Waals surface area contributed by atoms with Crippen LogP contribution in [0.3, 0.4) is 0 Å². The first-order valence-corrected chi connectivity index (χ1v) is 9.35. The second-order valence-corrected chi connectivity index (χ2v) is 6.51. The summed E-state index contributed by atoms with van der Waals surface area (Å²) in [7, 11) is 1.40. The number of hydrogen-bond acceptors (Lipinski definition) is 10. The molecule has 33 heavy (non-hydrogen) atoms. The number of ether oxygens (including phenoxy) is 1. The average Bonchev–Trinajstić information content (AvgIpc) is 2.81. The van der Waals surface area contributed by atoms with Crippen molar-refractivity contribution < 1.29 is 19.7 Å². The number of non-ortho nitro benzene ring substituents is 2. The number of nitrogens with one attached hydrogen (secondary N) is 2. The lowest BCUT2D eigenvalue weighted by atomic mass is 10.1. The first-order chi connectivity index (χ1) is 15.9. The van der Waals surface area contributed by atoms with Crippen LogP contribution in [0.15, 0.2) is 70.9 Å². The highest BCUT2D eigenvalue weighted by Crippen LogP contribution is 2.30. The Bertz CT molecular complexity index is 1210. The van der Waals surface area contributed by atoms with Crippen molar-refractivity contribution in [2.75, 3.05) is 18.0 Å². The number of aromatic hydroxyl groups is 1. The molecule has 0 heterocycles. The van der Waals surface area contributed by atoms with Crippen LogP contribution in [-0.4, -0.2) is 34.5 Å². The predicted octanol–water partition coefficient (Wildman–Crippen LogP) is 4.11. The molecule has 0 amide bonds. The number of nitrogens with zero attached hydrogens (tertiary/aromatic N) is 4. The molecule has 0 aliphatic rings. The van der Waals surface area contributed by atoms with E-state index in [1.54, 1.807) is 12.1 Å². The zero-order chi connectivity index (χ0) is 23.8. The summed E-state index contributed by atoms with van der Waals surface area (Å²) < 4.78 is 5.18. The highest BCUT2D eigenvalue weighted by Gasteiger charge is 2.09. The molecule has 3 N–H and O–H groups in total. The van der Waals surface area contributed by atoms with Gasteiger partial charge < -0.3 is 9.84 Å². The molecule has 0 fully saturated rings. The Kier molecular flexibility index (Phi) is 7.11. The number of phenolic OH excluding ortho intramolecular Hbond substituents is 1. The maximum Gasteiger partial charge on any atom is 0.269 e. The van der Waals surface area contributed by atoms with Gasteiger partial charge in [0.15, 0.2) is 11.5 Å². The third kappa shape index (κ3) is 6.01. The van der Waals surface area contributed by atoms with Gasteiger partial charge in [-0.15, -0.1) is 0 Å². The molecule has 12 nitrogen and oxygen atoms in total. The van der Waals surface area contributed by atoms with Crippen LogP contribution in [0.1, 0.15) is 11.1 Å².